The van der Waals surface area contributed by atoms with Crippen LogP contribution in [0.15, 0.2) is 59.1 Å². The van der Waals surface area contributed by atoms with E-state index in [0.717, 1.165) is 0 Å². The Bertz CT molecular complexity index is 1340. The summed E-state index contributed by atoms with van der Waals surface area (Å²) in [7, 11) is 0. The van der Waals surface area contributed by atoms with Gasteiger partial charge in [-0.1, -0.05) is 29.3 Å². The van der Waals surface area contributed by atoms with E-state index >= 15 is 0 Å². The van der Waals surface area contributed by atoms with Gasteiger partial charge in [-0.15, -0.1) is 0 Å². The lowest BCUT2D eigenvalue weighted by atomic mass is 9.64. The van der Waals surface area contributed by atoms with Crippen LogP contribution in [0.3, 0.4) is 0 Å². The van der Waals surface area contributed by atoms with Gasteiger partial charge in [0.1, 0.15) is 23.1 Å². The fourth-order valence-electron chi connectivity index (χ4n) is 4.90. The summed E-state index contributed by atoms with van der Waals surface area (Å²) in [6.45, 7) is 0. The van der Waals surface area contributed by atoms with Crippen molar-refractivity contribution in [2.75, 3.05) is 10.2 Å². The Morgan fingerprint density at radius 3 is 2.72 bits per heavy atom. The maximum absolute atomic E-state index is 14.3. The van der Waals surface area contributed by atoms with Crippen LogP contribution >= 0.6 is 23.2 Å². The second kappa shape index (κ2) is 7.09. The third-order valence-electron chi connectivity index (χ3n) is 6.16. The van der Waals surface area contributed by atoms with Gasteiger partial charge in [0.15, 0.2) is 5.78 Å². The van der Waals surface area contributed by atoms with E-state index in [1.807, 2.05) is 6.07 Å². The van der Waals surface area contributed by atoms with Gasteiger partial charge >= 0.3 is 0 Å². The number of nitriles is 1. The van der Waals surface area contributed by atoms with Gasteiger partial charge < -0.3 is 11.1 Å². The molecule has 1 amide bonds. The van der Waals surface area contributed by atoms with Crippen molar-refractivity contribution in [1.82, 2.24) is 0 Å². The first-order valence-electron chi connectivity index (χ1n) is 9.85. The highest BCUT2D eigenvalue weighted by molar-refractivity contribution is 6.43. The second-order valence-electron chi connectivity index (χ2n) is 7.77. The number of allylic oxidation sites excluding steroid dienone is 1. The number of carbonyl (C=O) groups excluding carboxylic acids is 2. The number of hydrogen-bond donors (Lipinski definition) is 2. The monoisotopic (exact) mass is 468 g/mol. The Labute approximate surface area is 192 Å². The smallest absolute Gasteiger partial charge is 0.245 e. The molecule has 0 bridgehead atoms. The predicted octanol–water partition coefficient (Wildman–Crippen LogP) is 4.54. The number of Topliss-reactive ketones (excluding diaryl/α,β-unsaturated/α-hetero) is 1. The average Bonchev–Trinajstić information content (AvgIpc) is 3.03. The van der Waals surface area contributed by atoms with Crippen molar-refractivity contribution in [1.29, 1.82) is 5.26 Å². The molecule has 32 heavy (non-hydrogen) atoms. The summed E-state index contributed by atoms with van der Waals surface area (Å²) >= 11 is 12.7. The highest BCUT2D eigenvalue weighted by Gasteiger charge is 2.60. The molecule has 1 unspecified atom stereocenters. The van der Waals surface area contributed by atoms with Crippen LogP contribution in [0.1, 0.15) is 24.8 Å². The molecule has 9 heteroatoms. The number of halogens is 3. The van der Waals surface area contributed by atoms with E-state index < -0.39 is 17.1 Å². The van der Waals surface area contributed by atoms with Gasteiger partial charge in [-0.2, -0.15) is 5.26 Å². The van der Waals surface area contributed by atoms with Crippen molar-refractivity contribution >= 4 is 46.3 Å². The topological polar surface area (TPSA) is 99.2 Å². The van der Waals surface area contributed by atoms with Crippen molar-refractivity contribution in [3.63, 3.8) is 0 Å². The number of nitrogens with two attached hydrogens (primary N) is 1. The number of hydrogen-bond acceptors (Lipinski definition) is 5. The lowest BCUT2D eigenvalue weighted by molar-refractivity contribution is -0.122. The third-order valence-corrected chi connectivity index (χ3v) is 6.97. The lowest BCUT2D eigenvalue weighted by Crippen LogP contribution is -2.50. The zero-order chi connectivity index (χ0) is 22.8. The Balaban J connectivity index is 1.91. The second-order valence-corrected chi connectivity index (χ2v) is 8.56. The molecule has 2 aromatic carbocycles. The minimum atomic E-state index is -1.83. The number of anilines is 2. The standard InChI is InChI=1S/C23H15Cl2FN4O2/c24-14-3-1-5-17(20(14)25)30-16-4-2-6-18(31)19(16)23(13(10-27)21(30)28)12-9-11(26)7-8-15(12)29-22(23)32/h1,3,5,7-9H,2,4,6,28H2,(H,29,32). The van der Waals surface area contributed by atoms with E-state index in [1.165, 1.54) is 23.1 Å². The Morgan fingerprint density at radius 2 is 1.97 bits per heavy atom. The Hall–Kier alpha value is -3.34. The fraction of sp³-hybridized carbons (Fsp3) is 0.174. The first-order chi connectivity index (χ1) is 15.3. The van der Waals surface area contributed by atoms with Gasteiger partial charge in [0.05, 0.1) is 21.3 Å². The van der Waals surface area contributed by atoms with Gasteiger partial charge in [0, 0.05) is 28.9 Å². The summed E-state index contributed by atoms with van der Waals surface area (Å²) in [5, 5.41) is 13.3. The fourth-order valence-corrected chi connectivity index (χ4v) is 5.28. The lowest BCUT2D eigenvalue weighted by Gasteiger charge is -2.43. The summed E-state index contributed by atoms with van der Waals surface area (Å²) < 4.78 is 14.3. The van der Waals surface area contributed by atoms with E-state index in [9.17, 15) is 19.2 Å². The van der Waals surface area contributed by atoms with Crippen molar-refractivity contribution in [3.8, 4) is 6.07 Å². The molecule has 0 saturated carbocycles. The van der Waals surface area contributed by atoms with Crippen molar-refractivity contribution in [2.45, 2.75) is 24.7 Å². The van der Waals surface area contributed by atoms with E-state index in [1.54, 1.807) is 18.2 Å². The minimum absolute atomic E-state index is 0.0580. The predicted molar refractivity (Wildman–Crippen MR) is 118 cm³/mol. The number of amides is 1. The summed E-state index contributed by atoms with van der Waals surface area (Å²) in [5.74, 6) is -1.57. The van der Waals surface area contributed by atoms with Crippen LogP contribution < -0.4 is 16.0 Å². The van der Waals surface area contributed by atoms with Gasteiger partial charge in [-0.25, -0.2) is 4.39 Å². The van der Waals surface area contributed by atoms with Crippen LogP contribution in [0, 0.1) is 17.1 Å². The van der Waals surface area contributed by atoms with Gasteiger partial charge in [0.25, 0.3) is 0 Å². The van der Waals surface area contributed by atoms with Crippen LogP contribution in [0.2, 0.25) is 10.0 Å². The molecule has 3 aliphatic rings. The maximum Gasteiger partial charge on any atom is 0.245 e. The number of ketones is 1. The number of fused-ring (bicyclic) bond motifs is 3. The molecule has 6 nitrogen and oxygen atoms in total. The molecular weight excluding hydrogens is 454 g/mol. The van der Waals surface area contributed by atoms with E-state index in [0.29, 0.717) is 29.9 Å². The van der Waals surface area contributed by atoms with Crippen LogP contribution in [0.4, 0.5) is 15.8 Å². The van der Waals surface area contributed by atoms with Crippen molar-refractivity contribution < 1.29 is 14.0 Å². The molecule has 0 aromatic heterocycles. The molecule has 2 heterocycles. The Kier molecular flexibility index (Phi) is 4.55. The molecule has 1 spiro atoms. The first kappa shape index (κ1) is 20.6. The molecule has 160 valence electrons. The summed E-state index contributed by atoms with van der Waals surface area (Å²) in [4.78, 5) is 28.3. The third kappa shape index (κ3) is 2.51. The Morgan fingerprint density at radius 1 is 1.19 bits per heavy atom. The molecule has 1 aliphatic carbocycles. The zero-order valence-corrected chi connectivity index (χ0v) is 18.0. The van der Waals surface area contributed by atoms with Crippen LogP contribution in [0.5, 0.6) is 0 Å². The highest BCUT2D eigenvalue weighted by atomic mass is 35.5. The minimum Gasteiger partial charge on any atom is -0.384 e. The van der Waals surface area contributed by atoms with Gasteiger partial charge in [-0.3, -0.25) is 14.5 Å². The molecular formula is C23H15Cl2FN4O2. The molecule has 0 saturated heterocycles. The maximum atomic E-state index is 14.3. The number of rotatable bonds is 1. The highest BCUT2D eigenvalue weighted by Crippen LogP contribution is 2.55. The zero-order valence-electron chi connectivity index (χ0n) is 16.5. The number of benzene rings is 2. The molecule has 3 N–H and O–H groups in total. The largest absolute Gasteiger partial charge is 0.384 e. The summed E-state index contributed by atoms with van der Waals surface area (Å²) in [5.41, 5.74) is 6.01. The molecule has 0 radical (unpaired) electrons. The average molecular weight is 469 g/mol. The van der Waals surface area contributed by atoms with E-state index in [4.69, 9.17) is 28.9 Å². The molecule has 1 atom stereocenters. The van der Waals surface area contributed by atoms with Crippen molar-refractivity contribution in [3.05, 3.63) is 80.5 Å². The van der Waals surface area contributed by atoms with Gasteiger partial charge in [-0.05, 0) is 43.2 Å². The molecule has 5 rings (SSSR count). The molecule has 2 aliphatic heterocycles. The quantitative estimate of drug-likeness (QED) is 0.639. The number of carbonyl (C=O) groups is 2. The van der Waals surface area contributed by atoms with Gasteiger partial charge in [0.2, 0.25) is 5.91 Å². The van der Waals surface area contributed by atoms with Crippen LogP contribution in [-0.2, 0) is 15.0 Å². The first-order valence-corrected chi connectivity index (χ1v) is 10.6. The summed E-state index contributed by atoms with van der Waals surface area (Å²) in [6, 6.07) is 10.8. The van der Waals surface area contributed by atoms with Crippen LogP contribution in [-0.4, -0.2) is 11.7 Å². The van der Waals surface area contributed by atoms with E-state index in [2.05, 4.69) is 5.32 Å². The molecule has 2 aromatic rings. The number of nitrogens with one attached hydrogen (secondary N) is 1. The summed E-state index contributed by atoms with van der Waals surface area (Å²) in [6.07, 6.45) is 1.12. The van der Waals surface area contributed by atoms with E-state index in [-0.39, 0.29) is 44.8 Å². The SMILES string of the molecule is N#CC1=C(N)N(c2cccc(Cl)c2Cl)C2=C(C(=O)CCC2)C12C(=O)Nc1ccc(F)cc12. The molecule has 0 fully saturated rings. The van der Waals surface area contributed by atoms with Crippen LogP contribution in [0.25, 0.3) is 0 Å². The van der Waals surface area contributed by atoms with Crippen molar-refractivity contribution in [2.24, 2.45) is 5.73 Å². The normalized spacial score (nSPS) is 22.1. The number of nitrogens with zero attached hydrogens (tertiary/aromatic N) is 2.